The molecule has 0 radical (unpaired) electrons. The summed E-state index contributed by atoms with van der Waals surface area (Å²) in [5.41, 5.74) is 3.62. The third-order valence-electron chi connectivity index (χ3n) is 3.72. The highest BCUT2D eigenvalue weighted by Gasteiger charge is 2.18. The molecule has 2 rings (SSSR count). The van der Waals surface area contributed by atoms with Gasteiger partial charge in [0, 0.05) is 6.20 Å². The molecule has 0 spiro atoms. The number of benzene rings is 1. The molecule has 4 heteroatoms. The Balaban J connectivity index is 2.14. The van der Waals surface area contributed by atoms with E-state index in [-0.39, 0.29) is 6.04 Å². The predicted octanol–water partition coefficient (Wildman–Crippen LogP) is 4.38. The highest BCUT2D eigenvalue weighted by Crippen LogP contribution is 2.24. The number of hydrogen-bond donors (Lipinski definition) is 2. The van der Waals surface area contributed by atoms with Crippen molar-refractivity contribution in [3.8, 4) is 0 Å². The molecule has 2 aromatic rings. The molecule has 116 valence electrons. The normalized spacial score (nSPS) is 12.0. The number of thiocarbonyl (C=S) groups is 1. The fourth-order valence-electron chi connectivity index (χ4n) is 2.44. The van der Waals surface area contributed by atoms with Gasteiger partial charge in [-0.05, 0) is 54.7 Å². The molecular weight excluding hydrogens is 290 g/mol. The Morgan fingerprint density at radius 2 is 1.73 bits per heavy atom. The zero-order valence-corrected chi connectivity index (χ0v) is 14.4. The number of aryl methyl sites for hydroxylation is 2. The molecule has 22 heavy (non-hydrogen) atoms. The van der Waals surface area contributed by atoms with Crippen LogP contribution in [0.15, 0.2) is 42.6 Å². The van der Waals surface area contributed by atoms with Gasteiger partial charge < -0.3 is 10.6 Å². The number of anilines is 1. The minimum Gasteiger partial charge on any atom is -0.355 e. The maximum absolute atomic E-state index is 5.47. The lowest BCUT2D eigenvalue weighted by Gasteiger charge is -2.26. The molecule has 0 saturated heterocycles. The first-order valence-corrected chi connectivity index (χ1v) is 7.94. The van der Waals surface area contributed by atoms with Crippen molar-refractivity contribution >= 4 is 23.1 Å². The molecule has 1 aromatic carbocycles. The van der Waals surface area contributed by atoms with Crippen LogP contribution in [0.25, 0.3) is 0 Å². The number of hydrogen-bond acceptors (Lipinski definition) is 2. The topological polar surface area (TPSA) is 37.0 Å². The van der Waals surface area contributed by atoms with Crippen LogP contribution in [0, 0.1) is 19.8 Å². The summed E-state index contributed by atoms with van der Waals surface area (Å²) in [6, 6.07) is 12.5. The highest BCUT2D eigenvalue weighted by atomic mass is 32.1. The fourth-order valence-corrected chi connectivity index (χ4v) is 2.66. The Kier molecular flexibility index (Phi) is 5.50. The maximum atomic E-state index is 5.47. The number of nitrogens with one attached hydrogen (secondary N) is 2. The van der Waals surface area contributed by atoms with E-state index < -0.39 is 0 Å². The van der Waals surface area contributed by atoms with Gasteiger partial charge in [0.1, 0.15) is 5.82 Å². The van der Waals surface area contributed by atoms with Gasteiger partial charge >= 0.3 is 0 Å². The van der Waals surface area contributed by atoms with Crippen molar-refractivity contribution in [2.24, 2.45) is 5.92 Å². The molecule has 0 fully saturated rings. The summed E-state index contributed by atoms with van der Waals surface area (Å²) in [6.45, 7) is 8.53. The summed E-state index contributed by atoms with van der Waals surface area (Å²) in [7, 11) is 0. The second-order valence-electron chi connectivity index (χ2n) is 5.85. The van der Waals surface area contributed by atoms with E-state index in [1.165, 1.54) is 11.1 Å². The molecule has 0 unspecified atom stereocenters. The van der Waals surface area contributed by atoms with Gasteiger partial charge in [0.25, 0.3) is 0 Å². The molecule has 1 atom stereocenters. The molecule has 0 aliphatic heterocycles. The first kappa shape index (κ1) is 16.4. The Labute approximate surface area is 138 Å². The van der Waals surface area contributed by atoms with E-state index in [1.54, 1.807) is 6.20 Å². The standard InChI is InChI=1S/C18H23N3S/c1-12(2)16(15-10-6-5-8-13(15)3)20-18(22)21-17-14(4)9-7-11-19-17/h5-12,16H,1-4H3,(H2,19,20,21,22)/t16-/m1/s1. The second kappa shape index (κ2) is 7.36. The lowest BCUT2D eigenvalue weighted by molar-refractivity contribution is 0.471. The Hall–Kier alpha value is -1.94. The van der Waals surface area contributed by atoms with Crippen LogP contribution >= 0.6 is 12.2 Å². The monoisotopic (exact) mass is 313 g/mol. The van der Waals surface area contributed by atoms with Crippen LogP contribution in [0.5, 0.6) is 0 Å². The van der Waals surface area contributed by atoms with E-state index in [9.17, 15) is 0 Å². The number of nitrogens with zero attached hydrogens (tertiary/aromatic N) is 1. The van der Waals surface area contributed by atoms with E-state index in [2.05, 4.69) is 60.7 Å². The minimum absolute atomic E-state index is 0.171. The third-order valence-corrected chi connectivity index (χ3v) is 3.94. The molecule has 2 N–H and O–H groups in total. The van der Waals surface area contributed by atoms with Crippen molar-refractivity contribution in [3.05, 3.63) is 59.3 Å². The van der Waals surface area contributed by atoms with Gasteiger partial charge in [-0.2, -0.15) is 0 Å². The Morgan fingerprint density at radius 1 is 1.05 bits per heavy atom. The quantitative estimate of drug-likeness (QED) is 0.821. The number of aromatic nitrogens is 1. The van der Waals surface area contributed by atoms with Crippen LogP contribution in [-0.4, -0.2) is 10.1 Å². The van der Waals surface area contributed by atoms with E-state index in [0.717, 1.165) is 11.4 Å². The molecule has 0 aliphatic carbocycles. The Morgan fingerprint density at radius 3 is 2.36 bits per heavy atom. The van der Waals surface area contributed by atoms with Crippen LogP contribution in [-0.2, 0) is 0 Å². The summed E-state index contributed by atoms with van der Waals surface area (Å²) >= 11 is 5.47. The predicted molar refractivity (Wildman–Crippen MR) is 97.1 cm³/mol. The molecule has 0 amide bonds. The molecule has 0 aliphatic rings. The summed E-state index contributed by atoms with van der Waals surface area (Å²) in [4.78, 5) is 4.32. The van der Waals surface area contributed by atoms with E-state index >= 15 is 0 Å². The van der Waals surface area contributed by atoms with E-state index in [4.69, 9.17) is 12.2 Å². The van der Waals surface area contributed by atoms with E-state index in [1.807, 2.05) is 19.1 Å². The number of pyridine rings is 1. The summed E-state index contributed by atoms with van der Waals surface area (Å²) < 4.78 is 0. The van der Waals surface area contributed by atoms with Crippen LogP contribution in [0.2, 0.25) is 0 Å². The van der Waals surface area contributed by atoms with Crippen molar-refractivity contribution < 1.29 is 0 Å². The van der Waals surface area contributed by atoms with Gasteiger partial charge in [0.05, 0.1) is 6.04 Å². The van der Waals surface area contributed by atoms with Gasteiger partial charge in [-0.25, -0.2) is 4.98 Å². The zero-order chi connectivity index (χ0) is 16.1. The SMILES string of the molecule is Cc1ccccc1[C@H](NC(=S)Nc1ncccc1C)C(C)C. The van der Waals surface area contributed by atoms with Crippen LogP contribution in [0.4, 0.5) is 5.82 Å². The van der Waals surface area contributed by atoms with Crippen molar-refractivity contribution in [3.63, 3.8) is 0 Å². The van der Waals surface area contributed by atoms with Gasteiger partial charge in [-0.3, -0.25) is 0 Å². The van der Waals surface area contributed by atoms with Crippen LogP contribution in [0.3, 0.4) is 0 Å². The molecule has 1 aromatic heterocycles. The fraction of sp³-hybridized carbons (Fsp3) is 0.333. The van der Waals surface area contributed by atoms with Crippen molar-refractivity contribution in [1.29, 1.82) is 0 Å². The third kappa shape index (κ3) is 4.04. The summed E-state index contributed by atoms with van der Waals surface area (Å²) in [6.07, 6.45) is 1.76. The van der Waals surface area contributed by atoms with Crippen LogP contribution in [0.1, 0.15) is 36.6 Å². The summed E-state index contributed by atoms with van der Waals surface area (Å²) in [5.74, 6) is 1.22. The second-order valence-corrected chi connectivity index (χ2v) is 6.25. The first-order chi connectivity index (χ1) is 10.5. The smallest absolute Gasteiger partial charge is 0.172 e. The lowest BCUT2D eigenvalue weighted by atomic mass is 9.93. The van der Waals surface area contributed by atoms with Crippen molar-refractivity contribution in [2.45, 2.75) is 33.7 Å². The van der Waals surface area contributed by atoms with Gasteiger partial charge in [0.15, 0.2) is 5.11 Å². The first-order valence-electron chi connectivity index (χ1n) is 7.53. The van der Waals surface area contributed by atoms with E-state index in [0.29, 0.717) is 11.0 Å². The molecule has 1 heterocycles. The van der Waals surface area contributed by atoms with Crippen molar-refractivity contribution in [2.75, 3.05) is 5.32 Å². The summed E-state index contributed by atoms with van der Waals surface area (Å²) in [5, 5.41) is 7.22. The highest BCUT2D eigenvalue weighted by molar-refractivity contribution is 7.80. The minimum atomic E-state index is 0.171. The number of rotatable bonds is 4. The Bertz CT molecular complexity index is 652. The molecule has 3 nitrogen and oxygen atoms in total. The molecule has 0 bridgehead atoms. The lowest BCUT2D eigenvalue weighted by Crippen LogP contribution is -2.35. The van der Waals surface area contributed by atoms with Gasteiger partial charge in [-0.15, -0.1) is 0 Å². The molecular formula is C18H23N3S. The molecule has 0 saturated carbocycles. The van der Waals surface area contributed by atoms with Gasteiger partial charge in [-0.1, -0.05) is 44.2 Å². The average Bonchev–Trinajstić information content (AvgIpc) is 2.48. The average molecular weight is 313 g/mol. The van der Waals surface area contributed by atoms with Crippen molar-refractivity contribution in [1.82, 2.24) is 10.3 Å². The largest absolute Gasteiger partial charge is 0.355 e. The zero-order valence-electron chi connectivity index (χ0n) is 13.6. The van der Waals surface area contributed by atoms with Crippen LogP contribution < -0.4 is 10.6 Å². The van der Waals surface area contributed by atoms with Gasteiger partial charge in [0.2, 0.25) is 0 Å². The maximum Gasteiger partial charge on any atom is 0.172 e.